The molecule has 2 atom stereocenters. The molecule has 3 aromatic rings. The Hall–Kier alpha value is -2.59. The molecule has 0 fully saturated rings. The highest BCUT2D eigenvalue weighted by atomic mass is 79.9. The predicted octanol–water partition coefficient (Wildman–Crippen LogP) is 6.58. The van der Waals surface area contributed by atoms with Crippen LogP contribution >= 0.6 is 15.9 Å². The molecule has 0 bridgehead atoms. The first-order valence-corrected chi connectivity index (χ1v) is 11.3. The maximum absolute atomic E-state index is 6.31. The highest BCUT2D eigenvalue weighted by Crippen LogP contribution is 2.53. The van der Waals surface area contributed by atoms with E-state index in [0.717, 1.165) is 35.1 Å². The topological polar surface area (TPSA) is 24.8 Å². The van der Waals surface area contributed by atoms with Crippen LogP contribution in [0.3, 0.4) is 0 Å². The molecule has 152 valence electrons. The van der Waals surface area contributed by atoms with Crippen LogP contribution < -0.4 is 4.90 Å². The Morgan fingerprint density at radius 3 is 2.60 bits per heavy atom. The lowest BCUT2D eigenvalue weighted by atomic mass is 9.73. The number of hydrogen-bond acceptors (Lipinski definition) is 3. The summed E-state index contributed by atoms with van der Waals surface area (Å²) in [5.41, 5.74) is 7.25. The van der Waals surface area contributed by atoms with Gasteiger partial charge in [0.15, 0.2) is 0 Å². The summed E-state index contributed by atoms with van der Waals surface area (Å²) in [6, 6.07) is 25.6. The van der Waals surface area contributed by atoms with E-state index in [-0.39, 0.29) is 11.6 Å². The number of benzene rings is 3. The van der Waals surface area contributed by atoms with Crippen LogP contribution in [0.15, 0.2) is 82.4 Å². The van der Waals surface area contributed by atoms with Crippen molar-refractivity contribution in [3.05, 3.63) is 99.5 Å². The molecule has 2 aliphatic rings. The number of halogens is 1. The predicted molar refractivity (Wildman–Crippen MR) is 126 cm³/mol. The molecular weight excluding hydrogens is 436 g/mol. The van der Waals surface area contributed by atoms with Gasteiger partial charge in [0.05, 0.1) is 11.1 Å². The molecule has 2 aliphatic heterocycles. The third-order valence-corrected chi connectivity index (χ3v) is 7.14. The summed E-state index contributed by atoms with van der Waals surface area (Å²) in [6.45, 7) is 5.25. The SMILES string of the molecule is CC[C@]12CC(c3ccccc3)=NO[C@H]1N(Cc1ccccc1C)c1ccc(Br)cc12. The van der Waals surface area contributed by atoms with E-state index in [9.17, 15) is 0 Å². The Labute approximate surface area is 186 Å². The van der Waals surface area contributed by atoms with Gasteiger partial charge in [0.1, 0.15) is 0 Å². The number of hydrogen-bond donors (Lipinski definition) is 0. The average Bonchev–Trinajstić information content (AvgIpc) is 3.05. The van der Waals surface area contributed by atoms with Gasteiger partial charge in [-0.1, -0.05) is 82.6 Å². The van der Waals surface area contributed by atoms with Gasteiger partial charge in [0.2, 0.25) is 6.23 Å². The van der Waals surface area contributed by atoms with Gasteiger partial charge in [-0.3, -0.25) is 0 Å². The summed E-state index contributed by atoms with van der Waals surface area (Å²) in [5, 5.41) is 4.62. The van der Waals surface area contributed by atoms with Crippen molar-refractivity contribution < 1.29 is 4.84 Å². The molecular formula is C26H25BrN2O. The van der Waals surface area contributed by atoms with Crippen LogP contribution in [-0.4, -0.2) is 11.9 Å². The number of oxime groups is 1. The molecule has 0 radical (unpaired) electrons. The summed E-state index contributed by atoms with van der Waals surface area (Å²) in [6.07, 6.45) is 1.74. The largest absolute Gasteiger partial charge is 0.369 e. The fraction of sp³-hybridized carbons (Fsp3) is 0.269. The van der Waals surface area contributed by atoms with E-state index in [0.29, 0.717) is 0 Å². The normalized spacial score (nSPS) is 22.2. The maximum atomic E-state index is 6.31. The van der Waals surface area contributed by atoms with Gasteiger partial charge in [0.25, 0.3) is 0 Å². The minimum absolute atomic E-state index is 0.112. The number of nitrogens with zero attached hydrogens (tertiary/aromatic N) is 2. The fourth-order valence-corrected chi connectivity index (χ4v) is 5.28. The molecule has 0 spiro atoms. The van der Waals surface area contributed by atoms with Crippen LogP contribution in [0.5, 0.6) is 0 Å². The van der Waals surface area contributed by atoms with Crippen LogP contribution in [0, 0.1) is 6.92 Å². The van der Waals surface area contributed by atoms with Crippen molar-refractivity contribution >= 4 is 27.3 Å². The van der Waals surface area contributed by atoms with E-state index < -0.39 is 0 Å². The van der Waals surface area contributed by atoms with Crippen molar-refractivity contribution in [3.8, 4) is 0 Å². The highest BCUT2D eigenvalue weighted by molar-refractivity contribution is 9.10. The smallest absolute Gasteiger partial charge is 0.210 e. The first kappa shape index (κ1) is 19.4. The molecule has 5 rings (SSSR count). The van der Waals surface area contributed by atoms with Gasteiger partial charge < -0.3 is 9.74 Å². The minimum atomic E-state index is -0.130. The van der Waals surface area contributed by atoms with Gasteiger partial charge in [0, 0.05) is 23.1 Å². The van der Waals surface area contributed by atoms with Crippen molar-refractivity contribution in [3.63, 3.8) is 0 Å². The Balaban J connectivity index is 1.61. The minimum Gasteiger partial charge on any atom is -0.369 e. The Bertz CT molecular complexity index is 1110. The molecule has 0 N–H and O–H groups in total. The Morgan fingerprint density at radius 2 is 1.83 bits per heavy atom. The second-order valence-corrected chi connectivity index (χ2v) is 9.18. The number of anilines is 1. The highest BCUT2D eigenvalue weighted by Gasteiger charge is 2.54. The molecule has 0 saturated heterocycles. The lowest BCUT2D eigenvalue weighted by molar-refractivity contribution is -0.00810. The van der Waals surface area contributed by atoms with Gasteiger partial charge in [-0.15, -0.1) is 0 Å². The first-order chi connectivity index (χ1) is 14.6. The van der Waals surface area contributed by atoms with Crippen molar-refractivity contribution in [1.29, 1.82) is 0 Å². The number of rotatable bonds is 4. The standard InChI is InChI=1S/C26H25BrN2O/c1-3-26-16-23(19-10-5-4-6-11-19)28-30-25(26)29(17-20-12-8-7-9-18(20)2)24-14-13-21(27)15-22(24)26/h4-15,25H,3,16-17H2,1-2H3/t25-,26-/m1/s1. The third kappa shape index (κ3) is 3.05. The summed E-state index contributed by atoms with van der Waals surface area (Å²) >= 11 is 3.70. The first-order valence-electron chi connectivity index (χ1n) is 10.5. The average molecular weight is 461 g/mol. The van der Waals surface area contributed by atoms with E-state index in [2.05, 4.69) is 107 Å². The van der Waals surface area contributed by atoms with Gasteiger partial charge in [-0.05, 0) is 53.8 Å². The van der Waals surface area contributed by atoms with Crippen molar-refractivity contribution in [1.82, 2.24) is 0 Å². The Morgan fingerprint density at radius 1 is 1.07 bits per heavy atom. The molecule has 0 aliphatic carbocycles. The Kier molecular flexibility index (Phi) is 4.90. The fourth-order valence-electron chi connectivity index (χ4n) is 4.91. The lowest BCUT2D eigenvalue weighted by Crippen LogP contribution is -2.49. The second kappa shape index (κ2) is 7.59. The van der Waals surface area contributed by atoms with Gasteiger partial charge in [-0.2, -0.15) is 0 Å². The van der Waals surface area contributed by atoms with Crippen LogP contribution in [0.1, 0.15) is 42.0 Å². The van der Waals surface area contributed by atoms with E-state index in [4.69, 9.17) is 4.84 Å². The molecule has 30 heavy (non-hydrogen) atoms. The molecule has 0 saturated carbocycles. The monoisotopic (exact) mass is 460 g/mol. The van der Waals surface area contributed by atoms with Crippen LogP contribution in [0.25, 0.3) is 0 Å². The zero-order chi connectivity index (χ0) is 20.7. The van der Waals surface area contributed by atoms with Crippen LogP contribution in [0.4, 0.5) is 5.69 Å². The molecule has 0 amide bonds. The lowest BCUT2D eigenvalue weighted by Gasteiger charge is -2.40. The zero-order valence-electron chi connectivity index (χ0n) is 17.3. The number of fused-ring (bicyclic) bond motifs is 3. The van der Waals surface area contributed by atoms with Gasteiger partial charge in [-0.25, -0.2) is 0 Å². The quantitative estimate of drug-likeness (QED) is 0.439. The molecule has 4 heteroatoms. The summed E-state index contributed by atoms with van der Waals surface area (Å²) < 4.78 is 1.11. The van der Waals surface area contributed by atoms with Crippen molar-refractivity contribution in [2.24, 2.45) is 5.16 Å². The summed E-state index contributed by atoms with van der Waals surface area (Å²) in [4.78, 5) is 8.71. The molecule has 3 aromatic carbocycles. The van der Waals surface area contributed by atoms with E-state index in [1.807, 2.05) is 6.07 Å². The van der Waals surface area contributed by atoms with Crippen LogP contribution in [-0.2, 0) is 16.8 Å². The molecule has 2 heterocycles. The number of aryl methyl sites for hydroxylation is 1. The van der Waals surface area contributed by atoms with Gasteiger partial charge >= 0.3 is 0 Å². The van der Waals surface area contributed by atoms with Crippen molar-refractivity contribution in [2.75, 3.05) is 4.90 Å². The third-order valence-electron chi connectivity index (χ3n) is 6.65. The molecule has 0 unspecified atom stereocenters. The maximum Gasteiger partial charge on any atom is 0.210 e. The molecule has 0 aromatic heterocycles. The van der Waals surface area contributed by atoms with E-state index in [1.54, 1.807) is 0 Å². The van der Waals surface area contributed by atoms with Crippen molar-refractivity contribution in [2.45, 2.75) is 44.9 Å². The summed E-state index contributed by atoms with van der Waals surface area (Å²) in [7, 11) is 0. The molecule has 3 nitrogen and oxygen atoms in total. The van der Waals surface area contributed by atoms with Crippen LogP contribution in [0.2, 0.25) is 0 Å². The van der Waals surface area contributed by atoms with E-state index >= 15 is 0 Å². The van der Waals surface area contributed by atoms with E-state index in [1.165, 1.54) is 22.4 Å². The zero-order valence-corrected chi connectivity index (χ0v) is 18.9. The second-order valence-electron chi connectivity index (χ2n) is 8.26. The summed E-state index contributed by atoms with van der Waals surface area (Å²) in [5.74, 6) is 0.